The second kappa shape index (κ2) is 7.41. The summed E-state index contributed by atoms with van der Waals surface area (Å²) in [4.78, 5) is 23.0. The summed E-state index contributed by atoms with van der Waals surface area (Å²) in [5, 5.41) is 0.587. The van der Waals surface area contributed by atoms with Gasteiger partial charge in [-0.1, -0.05) is 0 Å². The number of ether oxygens (including phenoxy) is 4. The van der Waals surface area contributed by atoms with Crippen molar-refractivity contribution in [3.05, 3.63) is 35.9 Å². The Morgan fingerprint density at radius 3 is 2.22 bits per heavy atom. The minimum Gasteiger partial charge on any atom is -0.496 e. The molecular weight excluding hydrogens is 352 g/mol. The van der Waals surface area contributed by atoms with Gasteiger partial charge in [0.15, 0.2) is 17.8 Å². The fraction of sp³-hybridized carbons (Fsp3) is 0.200. The lowest BCUT2D eigenvalue weighted by atomic mass is 10.0. The average Bonchev–Trinajstić information content (AvgIpc) is 3.03. The molecule has 0 saturated heterocycles. The van der Waals surface area contributed by atoms with E-state index < -0.39 is 5.97 Å². The smallest absolute Gasteiger partial charge is 0.308 e. The zero-order valence-corrected chi connectivity index (χ0v) is 15.3. The molecule has 0 aliphatic heterocycles. The Balaban J connectivity index is 2.21. The molecule has 0 spiro atoms. The van der Waals surface area contributed by atoms with Crippen molar-refractivity contribution in [3.63, 3.8) is 0 Å². The number of esters is 1. The van der Waals surface area contributed by atoms with Crippen LogP contribution in [-0.2, 0) is 4.79 Å². The summed E-state index contributed by atoms with van der Waals surface area (Å²) in [5.74, 6) is 1.59. The first-order valence-electron chi connectivity index (χ1n) is 8.02. The number of carbonyl (C=O) groups is 2. The average molecular weight is 370 g/mol. The molecule has 2 aromatic carbocycles. The minimum absolute atomic E-state index is 0.329. The lowest BCUT2D eigenvalue weighted by molar-refractivity contribution is -0.131. The zero-order chi connectivity index (χ0) is 19.6. The molecule has 27 heavy (non-hydrogen) atoms. The molecule has 0 aliphatic carbocycles. The highest BCUT2D eigenvalue weighted by atomic mass is 16.5. The summed E-state index contributed by atoms with van der Waals surface area (Å²) in [7, 11) is 4.51. The Kier molecular flexibility index (Phi) is 5.03. The van der Waals surface area contributed by atoms with E-state index >= 15 is 0 Å². The maximum atomic E-state index is 11.8. The number of methoxy groups -OCH3 is 3. The summed E-state index contributed by atoms with van der Waals surface area (Å²) in [5.41, 5.74) is 1.37. The van der Waals surface area contributed by atoms with Gasteiger partial charge >= 0.3 is 5.97 Å². The number of furan rings is 1. The Hall–Kier alpha value is -3.48. The van der Waals surface area contributed by atoms with Gasteiger partial charge in [-0.15, -0.1) is 0 Å². The molecule has 0 atom stereocenters. The predicted molar refractivity (Wildman–Crippen MR) is 98.0 cm³/mol. The predicted octanol–water partition coefficient (Wildman–Crippen LogP) is 3.86. The molecule has 0 bridgehead atoms. The first kappa shape index (κ1) is 18.3. The first-order chi connectivity index (χ1) is 13.0. The van der Waals surface area contributed by atoms with Crippen LogP contribution in [0.2, 0.25) is 0 Å². The second-order valence-corrected chi connectivity index (χ2v) is 5.62. The van der Waals surface area contributed by atoms with E-state index in [2.05, 4.69) is 0 Å². The van der Waals surface area contributed by atoms with E-state index in [1.807, 2.05) is 0 Å². The van der Waals surface area contributed by atoms with Crippen molar-refractivity contribution in [2.75, 3.05) is 21.3 Å². The van der Waals surface area contributed by atoms with Crippen LogP contribution >= 0.6 is 0 Å². The fourth-order valence-electron chi connectivity index (χ4n) is 2.85. The molecular formula is C20H18O7. The van der Waals surface area contributed by atoms with E-state index in [4.69, 9.17) is 23.4 Å². The van der Waals surface area contributed by atoms with E-state index in [0.717, 1.165) is 0 Å². The van der Waals surface area contributed by atoms with Crippen LogP contribution in [-0.4, -0.2) is 33.6 Å². The molecule has 140 valence electrons. The van der Waals surface area contributed by atoms with Gasteiger partial charge in [0.1, 0.15) is 22.8 Å². The van der Waals surface area contributed by atoms with E-state index in [-0.39, 0.29) is 0 Å². The van der Waals surface area contributed by atoms with Gasteiger partial charge < -0.3 is 23.4 Å². The molecule has 7 nitrogen and oxygen atoms in total. The first-order valence-corrected chi connectivity index (χ1v) is 8.02. The van der Waals surface area contributed by atoms with Crippen molar-refractivity contribution in [2.45, 2.75) is 6.92 Å². The van der Waals surface area contributed by atoms with E-state index in [1.165, 1.54) is 28.3 Å². The number of rotatable bonds is 6. The van der Waals surface area contributed by atoms with Crippen molar-refractivity contribution in [1.82, 2.24) is 0 Å². The molecule has 0 unspecified atom stereocenters. The Morgan fingerprint density at radius 1 is 0.963 bits per heavy atom. The van der Waals surface area contributed by atoms with Crippen LogP contribution < -0.4 is 18.9 Å². The third kappa shape index (κ3) is 3.31. The number of benzene rings is 2. The van der Waals surface area contributed by atoms with Gasteiger partial charge in [-0.2, -0.15) is 0 Å². The van der Waals surface area contributed by atoms with Gasteiger partial charge in [0.05, 0.1) is 32.5 Å². The maximum Gasteiger partial charge on any atom is 0.308 e. The molecule has 0 N–H and O–H groups in total. The lowest BCUT2D eigenvalue weighted by Crippen LogP contribution is -2.01. The number of fused-ring (bicyclic) bond motifs is 1. The van der Waals surface area contributed by atoms with Crippen molar-refractivity contribution < 1.29 is 33.0 Å². The Labute approximate surface area is 155 Å². The van der Waals surface area contributed by atoms with Gasteiger partial charge in [-0.25, -0.2) is 0 Å². The van der Waals surface area contributed by atoms with Gasteiger partial charge in [0, 0.05) is 24.4 Å². The van der Waals surface area contributed by atoms with Crippen molar-refractivity contribution in [2.24, 2.45) is 0 Å². The number of hydrogen-bond acceptors (Lipinski definition) is 7. The van der Waals surface area contributed by atoms with Crippen molar-refractivity contribution in [3.8, 4) is 34.3 Å². The molecule has 0 fully saturated rings. The van der Waals surface area contributed by atoms with Gasteiger partial charge in [-0.05, 0) is 18.2 Å². The van der Waals surface area contributed by atoms with Crippen LogP contribution in [0.5, 0.6) is 23.0 Å². The fourth-order valence-corrected chi connectivity index (χ4v) is 2.85. The SMILES string of the molecule is COc1cc2oc(-c3ccc(OC(C)=O)cc3OC)c(C=O)c2cc1OC. The van der Waals surface area contributed by atoms with Crippen molar-refractivity contribution >= 4 is 23.2 Å². The molecule has 0 aliphatic rings. The van der Waals surface area contributed by atoms with Gasteiger partial charge in [0.25, 0.3) is 0 Å². The molecule has 3 aromatic rings. The van der Waals surface area contributed by atoms with Crippen LogP contribution in [0.4, 0.5) is 0 Å². The number of hydrogen-bond donors (Lipinski definition) is 0. The largest absolute Gasteiger partial charge is 0.496 e. The molecule has 7 heteroatoms. The Bertz CT molecular complexity index is 1020. The molecule has 3 rings (SSSR count). The number of aldehydes is 1. The third-order valence-electron chi connectivity index (χ3n) is 4.03. The second-order valence-electron chi connectivity index (χ2n) is 5.62. The zero-order valence-electron chi connectivity index (χ0n) is 15.3. The quantitative estimate of drug-likeness (QED) is 0.370. The molecule has 0 saturated carbocycles. The van der Waals surface area contributed by atoms with E-state index in [9.17, 15) is 9.59 Å². The van der Waals surface area contributed by atoms with Crippen LogP contribution in [0.15, 0.2) is 34.7 Å². The summed E-state index contributed by atoms with van der Waals surface area (Å²) in [6, 6.07) is 8.16. The van der Waals surface area contributed by atoms with Gasteiger partial charge in [-0.3, -0.25) is 9.59 Å². The summed E-state index contributed by atoms with van der Waals surface area (Å²) < 4.78 is 27.0. The molecule has 1 heterocycles. The van der Waals surface area contributed by atoms with E-state index in [1.54, 1.807) is 30.3 Å². The minimum atomic E-state index is -0.443. The maximum absolute atomic E-state index is 11.8. The van der Waals surface area contributed by atoms with Crippen molar-refractivity contribution in [1.29, 1.82) is 0 Å². The highest BCUT2D eigenvalue weighted by molar-refractivity contribution is 6.04. The monoisotopic (exact) mass is 370 g/mol. The Morgan fingerprint density at radius 2 is 1.63 bits per heavy atom. The molecule has 0 radical (unpaired) electrons. The lowest BCUT2D eigenvalue weighted by Gasteiger charge is -2.09. The highest BCUT2D eigenvalue weighted by Gasteiger charge is 2.21. The summed E-state index contributed by atoms with van der Waals surface area (Å²) in [6.45, 7) is 1.31. The van der Waals surface area contributed by atoms with Gasteiger partial charge in [0.2, 0.25) is 0 Å². The standard InChI is InChI=1S/C20H18O7/c1-11(22)26-12-5-6-13(16(7-12)23-2)20-15(10-21)14-8-18(24-3)19(25-4)9-17(14)27-20/h5-10H,1-4H3. The highest BCUT2D eigenvalue weighted by Crippen LogP contribution is 2.42. The third-order valence-corrected chi connectivity index (χ3v) is 4.03. The van der Waals surface area contributed by atoms with Crippen LogP contribution in [0.3, 0.4) is 0 Å². The van der Waals surface area contributed by atoms with Crippen LogP contribution in [0, 0.1) is 0 Å². The molecule has 1 aromatic heterocycles. The van der Waals surface area contributed by atoms with Crippen LogP contribution in [0.25, 0.3) is 22.3 Å². The normalized spacial score (nSPS) is 10.5. The number of carbonyl (C=O) groups excluding carboxylic acids is 2. The molecule has 0 amide bonds. The van der Waals surface area contributed by atoms with Crippen LogP contribution in [0.1, 0.15) is 17.3 Å². The summed E-state index contributed by atoms with van der Waals surface area (Å²) >= 11 is 0. The summed E-state index contributed by atoms with van der Waals surface area (Å²) in [6.07, 6.45) is 0.715. The van der Waals surface area contributed by atoms with E-state index in [0.29, 0.717) is 57.1 Å². The topological polar surface area (TPSA) is 84.2 Å².